The molecule has 2 aromatic rings. The van der Waals surface area contributed by atoms with Crippen molar-refractivity contribution in [3.8, 4) is 5.75 Å². The van der Waals surface area contributed by atoms with Crippen LogP contribution in [-0.4, -0.2) is 28.5 Å². The first kappa shape index (κ1) is 10.6. The van der Waals surface area contributed by atoms with Crippen molar-refractivity contribution in [1.29, 1.82) is 0 Å². The molecular weight excluding hydrogens is 232 g/mol. The molecule has 6 heteroatoms. The zero-order valence-electron chi connectivity index (χ0n) is 9.51. The average Bonchev–Trinajstić information content (AvgIpc) is 2.91. The predicted molar refractivity (Wildman–Crippen MR) is 66.6 cm³/mol. The highest BCUT2D eigenvalue weighted by Crippen LogP contribution is 2.28. The Morgan fingerprint density at radius 1 is 1.44 bits per heavy atom. The highest BCUT2D eigenvalue weighted by Gasteiger charge is 2.25. The average molecular weight is 244 g/mol. The second kappa shape index (κ2) is 4.40. The molecule has 1 aromatic carbocycles. The van der Waals surface area contributed by atoms with Crippen LogP contribution in [0.25, 0.3) is 0 Å². The second-order valence-corrected chi connectivity index (χ2v) is 3.91. The van der Waals surface area contributed by atoms with Crippen molar-refractivity contribution in [2.75, 3.05) is 17.2 Å². The third-order valence-corrected chi connectivity index (χ3v) is 2.67. The maximum absolute atomic E-state index is 11.9. The number of imidazole rings is 1. The fourth-order valence-electron chi connectivity index (χ4n) is 1.79. The summed E-state index contributed by atoms with van der Waals surface area (Å²) in [6.07, 6.45) is 2.65. The van der Waals surface area contributed by atoms with E-state index in [1.54, 1.807) is 12.4 Å². The molecule has 0 saturated heterocycles. The fourth-order valence-corrected chi connectivity index (χ4v) is 1.79. The normalized spacial score (nSPS) is 17.2. The third-order valence-electron chi connectivity index (χ3n) is 2.67. The topological polar surface area (TPSA) is 79.0 Å². The molecule has 6 nitrogen and oxygen atoms in total. The summed E-state index contributed by atoms with van der Waals surface area (Å²) in [6.45, 7) is 0.434. The molecule has 0 bridgehead atoms. The lowest BCUT2D eigenvalue weighted by molar-refractivity contribution is -0.122. The number of benzene rings is 1. The Kier molecular flexibility index (Phi) is 2.60. The van der Waals surface area contributed by atoms with Gasteiger partial charge in [0.05, 0.1) is 12.2 Å². The first-order valence-electron chi connectivity index (χ1n) is 5.63. The number of H-pyrrole nitrogens is 1. The second-order valence-electron chi connectivity index (χ2n) is 3.91. The van der Waals surface area contributed by atoms with Gasteiger partial charge >= 0.3 is 0 Å². The number of ether oxygens (including phenoxy) is 1. The quantitative estimate of drug-likeness (QED) is 0.742. The maximum atomic E-state index is 11.9. The van der Waals surface area contributed by atoms with E-state index < -0.39 is 6.10 Å². The van der Waals surface area contributed by atoms with Crippen LogP contribution < -0.4 is 15.4 Å². The highest BCUT2D eigenvalue weighted by molar-refractivity contribution is 5.93. The lowest BCUT2D eigenvalue weighted by Gasteiger charge is -2.26. The van der Waals surface area contributed by atoms with Gasteiger partial charge in [-0.1, -0.05) is 12.1 Å². The van der Waals surface area contributed by atoms with Crippen LogP contribution in [-0.2, 0) is 4.79 Å². The molecule has 0 saturated carbocycles. The number of fused-ring (bicyclic) bond motifs is 1. The molecular formula is C12H12N4O2. The van der Waals surface area contributed by atoms with Crippen molar-refractivity contribution in [3.63, 3.8) is 0 Å². The van der Waals surface area contributed by atoms with E-state index in [4.69, 9.17) is 4.74 Å². The van der Waals surface area contributed by atoms with Crippen molar-refractivity contribution in [1.82, 2.24) is 9.97 Å². The van der Waals surface area contributed by atoms with Gasteiger partial charge in [0.1, 0.15) is 5.75 Å². The number of hydrogen-bond acceptors (Lipinski definition) is 4. The minimum atomic E-state index is -0.565. The summed E-state index contributed by atoms with van der Waals surface area (Å²) in [5, 5.41) is 5.81. The molecule has 3 rings (SSSR count). The lowest BCUT2D eigenvalue weighted by atomic mass is 10.2. The van der Waals surface area contributed by atoms with E-state index in [-0.39, 0.29) is 5.91 Å². The number of hydrogen-bond donors (Lipinski definition) is 3. The van der Waals surface area contributed by atoms with Gasteiger partial charge in [-0.2, -0.15) is 0 Å². The Bertz CT molecular complexity index is 553. The number of rotatable bonds is 2. The van der Waals surface area contributed by atoms with Gasteiger partial charge in [0, 0.05) is 12.4 Å². The maximum Gasteiger partial charge on any atom is 0.269 e. The summed E-state index contributed by atoms with van der Waals surface area (Å²) in [7, 11) is 0. The van der Waals surface area contributed by atoms with E-state index in [2.05, 4.69) is 20.6 Å². The van der Waals surface area contributed by atoms with Gasteiger partial charge in [-0.25, -0.2) is 4.98 Å². The van der Waals surface area contributed by atoms with E-state index in [0.29, 0.717) is 18.2 Å². The third kappa shape index (κ3) is 2.00. The Labute approximate surface area is 103 Å². The van der Waals surface area contributed by atoms with E-state index >= 15 is 0 Å². The zero-order chi connectivity index (χ0) is 12.4. The summed E-state index contributed by atoms with van der Waals surface area (Å²) in [6, 6.07) is 7.52. The molecule has 1 amide bonds. The van der Waals surface area contributed by atoms with E-state index in [1.807, 2.05) is 24.3 Å². The standard InChI is InChI=1S/C12H12N4O2/c17-11(16-12-13-5-6-14-12)10-7-15-8-3-1-2-4-9(8)18-10/h1-6,10,15H,7H2,(H2,13,14,16,17). The van der Waals surface area contributed by atoms with Gasteiger partial charge in [-0.3, -0.25) is 10.1 Å². The van der Waals surface area contributed by atoms with Gasteiger partial charge in [0.25, 0.3) is 5.91 Å². The molecule has 1 aliphatic heterocycles. The first-order valence-corrected chi connectivity index (χ1v) is 5.63. The summed E-state index contributed by atoms with van der Waals surface area (Å²) in [5.41, 5.74) is 0.902. The van der Waals surface area contributed by atoms with Gasteiger partial charge in [0.15, 0.2) is 6.10 Å². The number of nitrogens with one attached hydrogen (secondary N) is 3. The Balaban J connectivity index is 1.70. The number of nitrogens with zero attached hydrogens (tertiary/aromatic N) is 1. The first-order chi connectivity index (χ1) is 8.83. The number of carbonyl (C=O) groups is 1. The van der Waals surface area contributed by atoms with Crippen molar-refractivity contribution >= 4 is 17.5 Å². The van der Waals surface area contributed by atoms with Gasteiger partial charge < -0.3 is 15.0 Å². The summed E-state index contributed by atoms with van der Waals surface area (Å²) < 4.78 is 5.63. The zero-order valence-corrected chi connectivity index (χ0v) is 9.51. The molecule has 1 atom stereocenters. The smallest absolute Gasteiger partial charge is 0.269 e. The van der Waals surface area contributed by atoms with E-state index in [9.17, 15) is 4.79 Å². The van der Waals surface area contributed by atoms with Crippen LogP contribution in [0, 0.1) is 0 Å². The Morgan fingerprint density at radius 3 is 3.17 bits per heavy atom. The van der Waals surface area contributed by atoms with Crippen LogP contribution >= 0.6 is 0 Å². The summed E-state index contributed by atoms with van der Waals surface area (Å²) >= 11 is 0. The Morgan fingerprint density at radius 2 is 2.33 bits per heavy atom. The van der Waals surface area contributed by atoms with Crippen LogP contribution in [0.4, 0.5) is 11.6 Å². The highest BCUT2D eigenvalue weighted by atomic mass is 16.5. The minimum absolute atomic E-state index is 0.230. The van der Waals surface area contributed by atoms with Crippen molar-refractivity contribution < 1.29 is 9.53 Å². The number of aromatic nitrogens is 2. The van der Waals surface area contributed by atoms with Crippen LogP contribution in [0.15, 0.2) is 36.7 Å². The molecule has 0 radical (unpaired) electrons. The van der Waals surface area contributed by atoms with Crippen LogP contribution in [0.2, 0.25) is 0 Å². The number of para-hydroxylation sites is 2. The van der Waals surface area contributed by atoms with Gasteiger partial charge in [0.2, 0.25) is 5.95 Å². The molecule has 1 aromatic heterocycles. The molecule has 2 heterocycles. The molecule has 1 unspecified atom stereocenters. The van der Waals surface area contributed by atoms with E-state index in [1.165, 1.54) is 0 Å². The summed E-state index contributed by atoms with van der Waals surface area (Å²) in [5.74, 6) is 0.873. The predicted octanol–water partition coefficient (Wildman–Crippen LogP) is 1.22. The lowest BCUT2D eigenvalue weighted by Crippen LogP contribution is -2.41. The number of anilines is 2. The number of aromatic amines is 1. The largest absolute Gasteiger partial charge is 0.477 e. The van der Waals surface area contributed by atoms with Crippen LogP contribution in [0.1, 0.15) is 0 Å². The molecule has 0 spiro atoms. The van der Waals surface area contributed by atoms with Crippen molar-refractivity contribution in [3.05, 3.63) is 36.7 Å². The molecule has 1 aliphatic rings. The minimum Gasteiger partial charge on any atom is -0.477 e. The molecule has 0 aliphatic carbocycles. The van der Waals surface area contributed by atoms with E-state index in [0.717, 1.165) is 5.69 Å². The summed E-state index contributed by atoms with van der Waals surface area (Å²) in [4.78, 5) is 18.7. The van der Waals surface area contributed by atoms with Crippen LogP contribution in [0.3, 0.4) is 0 Å². The van der Waals surface area contributed by atoms with Gasteiger partial charge in [-0.15, -0.1) is 0 Å². The van der Waals surface area contributed by atoms with Crippen LogP contribution in [0.5, 0.6) is 5.75 Å². The SMILES string of the molecule is O=C(Nc1ncc[nH]1)C1CNc2ccccc2O1. The Hall–Kier alpha value is -2.50. The van der Waals surface area contributed by atoms with Gasteiger partial charge in [-0.05, 0) is 12.1 Å². The number of carbonyl (C=O) groups excluding carboxylic acids is 1. The molecule has 92 valence electrons. The molecule has 0 fully saturated rings. The number of amides is 1. The molecule has 3 N–H and O–H groups in total. The molecule has 18 heavy (non-hydrogen) atoms. The van der Waals surface area contributed by atoms with Crippen molar-refractivity contribution in [2.45, 2.75) is 6.10 Å². The monoisotopic (exact) mass is 244 g/mol. The van der Waals surface area contributed by atoms with Crippen molar-refractivity contribution in [2.24, 2.45) is 0 Å². The fraction of sp³-hybridized carbons (Fsp3) is 0.167.